The molecule has 0 aromatic carbocycles. The van der Waals surface area contributed by atoms with Gasteiger partial charge in [-0.2, -0.15) is 0 Å². The Morgan fingerprint density at radius 3 is 2.95 bits per heavy atom. The second-order valence-corrected chi connectivity index (χ2v) is 5.15. The molecular weight excluding hydrogens is 248 g/mol. The van der Waals surface area contributed by atoms with Gasteiger partial charge < -0.3 is 24.8 Å². The van der Waals surface area contributed by atoms with Crippen LogP contribution in [0, 0.1) is 5.92 Å². The topological polar surface area (TPSA) is 71.0 Å². The number of carbonyl (C=O) groups excluding carboxylic acids is 1. The molecule has 0 bridgehead atoms. The predicted octanol–water partition coefficient (Wildman–Crippen LogP) is -0.779. The molecule has 1 amide bonds. The molecule has 2 fully saturated rings. The molecule has 0 aliphatic carbocycles. The number of hydrogen-bond donors (Lipinski definition) is 2. The second kappa shape index (κ2) is 7.19. The lowest BCUT2D eigenvalue weighted by Crippen LogP contribution is -2.55. The van der Waals surface area contributed by atoms with E-state index >= 15 is 0 Å². The predicted molar refractivity (Wildman–Crippen MR) is 69.8 cm³/mol. The van der Waals surface area contributed by atoms with Crippen molar-refractivity contribution in [2.75, 3.05) is 46.1 Å². The molecule has 6 nitrogen and oxygen atoms in total. The number of carbonyl (C=O) groups is 1. The minimum Gasteiger partial charge on any atom is -0.394 e. The summed E-state index contributed by atoms with van der Waals surface area (Å²) in [6.45, 7) is 5.52. The van der Waals surface area contributed by atoms with Gasteiger partial charge >= 0.3 is 0 Å². The highest BCUT2D eigenvalue weighted by Gasteiger charge is 2.39. The van der Waals surface area contributed by atoms with Crippen molar-refractivity contribution in [2.45, 2.75) is 25.4 Å². The number of amides is 1. The summed E-state index contributed by atoms with van der Waals surface area (Å²) in [6, 6.07) is -0.122. The first kappa shape index (κ1) is 14.7. The molecule has 19 heavy (non-hydrogen) atoms. The van der Waals surface area contributed by atoms with Gasteiger partial charge in [-0.05, 0) is 13.0 Å². The summed E-state index contributed by atoms with van der Waals surface area (Å²) < 4.78 is 10.8. The molecule has 2 aliphatic rings. The van der Waals surface area contributed by atoms with Crippen molar-refractivity contribution < 1.29 is 19.4 Å². The van der Waals surface area contributed by atoms with Crippen LogP contribution in [0.3, 0.4) is 0 Å². The first-order valence-electron chi connectivity index (χ1n) is 7.08. The lowest BCUT2D eigenvalue weighted by atomic mass is 10.0. The Hall–Kier alpha value is -0.690. The summed E-state index contributed by atoms with van der Waals surface area (Å²) >= 11 is 0. The summed E-state index contributed by atoms with van der Waals surface area (Å²) in [6.07, 6.45) is 1.04. The smallest absolute Gasteiger partial charge is 0.230 e. The second-order valence-electron chi connectivity index (χ2n) is 5.15. The van der Waals surface area contributed by atoms with Crippen molar-refractivity contribution >= 4 is 5.91 Å². The van der Waals surface area contributed by atoms with Gasteiger partial charge in [0.2, 0.25) is 5.91 Å². The summed E-state index contributed by atoms with van der Waals surface area (Å²) in [5, 5.41) is 12.7. The fourth-order valence-corrected chi connectivity index (χ4v) is 2.64. The van der Waals surface area contributed by atoms with Crippen molar-refractivity contribution in [1.82, 2.24) is 10.2 Å². The van der Waals surface area contributed by atoms with E-state index in [-0.39, 0.29) is 30.5 Å². The van der Waals surface area contributed by atoms with E-state index in [0.29, 0.717) is 33.0 Å². The number of nitrogens with one attached hydrogen (secondary N) is 1. The highest BCUT2D eigenvalue weighted by atomic mass is 16.5. The van der Waals surface area contributed by atoms with E-state index < -0.39 is 0 Å². The van der Waals surface area contributed by atoms with Crippen LogP contribution >= 0.6 is 0 Å². The maximum Gasteiger partial charge on any atom is 0.230 e. The van der Waals surface area contributed by atoms with Crippen LogP contribution in [0.15, 0.2) is 0 Å². The fraction of sp³-hybridized carbons (Fsp3) is 0.923. The minimum absolute atomic E-state index is 0.0492. The third-order valence-corrected chi connectivity index (χ3v) is 3.78. The number of morpholine rings is 1. The number of aliphatic hydroxyl groups excluding tert-OH is 1. The van der Waals surface area contributed by atoms with Crippen LogP contribution < -0.4 is 5.32 Å². The Labute approximate surface area is 114 Å². The van der Waals surface area contributed by atoms with E-state index in [4.69, 9.17) is 9.47 Å². The Kier molecular flexibility index (Phi) is 5.57. The van der Waals surface area contributed by atoms with E-state index in [2.05, 4.69) is 12.2 Å². The molecule has 6 heteroatoms. The van der Waals surface area contributed by atoms with Gasteiger partial charge in [0.05, 0.1) is 45.0 Å². The maximum absolute atomic E-state index is 12.6. The average Bonchev–Trinajstić information content (AvgIpc) is 2.92. The lowest BCUT2D eigenvalue weighted by molar-refractivity contribution is -0.146. The SMILES string of the molecule is CCCNC1COCC1C(=O)N1CCOCC1CO. The molecule has 2 saturated heterocycles. The van der Waals surface area contributed by atoms with Crippen molar-refractivity contribution in [3.05, 3.63) is 0 Å². The number of nitrogens with zero attached hydrogens (tertiary/aromatic N) is 1. The van der Waals surface area contributed by atoms with Gasteiger partial charge in [0, 0.05) is 12.6 Å². The molecule has 2 heterocycles. The van der Waals surface area contributed by atoms with E-state index in [1.807, 2.05) is 0 Å². The summed E-state index contributed by atoms with van der Waals surface area (Å²) in [7, 11) is 0. The van der Waals surface area contributed by atoms with E-state index in [1.165, 1.54) is 0 Å². The molecule has 2 rings (SSSR count). The molecule has 110 valence electrons. The van der Waals surface area contributed by atoms with Gasteiger partial charge in [-0.25, -0.2) is 0 Å². The highest BCUT2D eigenvalue weighted by Crippen LogP contribution is 2.19. The van der Waals surface area contributed by atoms with Crippen molar-refractivity contribution in [3.63, 3.8) is 0 Å². The monoisotopic (exact) mass is 272 g/mol. The Bertz CT molecular complexity index is 300. The molecular formula is C13H24N2O4. The molecule has 3 unspecified atom stereocenters. The van der Waals surface area contributed by atoms with Crippen LogP contribution in [0.25, 0.3) is 0 Å². The number of ether oxygens (including phenoxy) is 2. The first-order valence-corrected chi connectivity index (χ1v) is 7.08. The quantitative estimate of drug-likeness (QED) is 0.687. The average molecular weight is 272 g/mol. The standard InChI is InChI=1S/C13H24N2O4/c1-2-3-14-12-9-19-8-11(12)13(17)15-4-5-18-7-10(15)6-16/h10-12,14,16H,2-9H2,1H3. The Balaban J connectivity index is 1.96. The molecule has 2 N–H and O–H groups in total. The van der Waals surface area contributed by atoms with Gasteiger partial charge in [0.15, 0.2) is 0 Å². The molecule has 0 radical (unpaired) electrons. The van der Waals surface area contributed by atoms with Crippen molar-refractivity contribution in [3.8, 4) is 0 Å². The zero-order valence-electron chi connectivity index (χ0n) is 11.5. The third kappa shape index (κ3) is 3.45. The third-order valence-electron chi connectivity index (χ3n) is 3.78. The number of rotatable bonds is 5. The van der Waals surface area contributed by atoms with Crippen LogP contribution in [0.4, 0.5) is 0 Å². The summed E-state index contributed by atoms with van der Waals surface area (Å²) in [4.78, 5) is 14.3. The van der Waals surface area contributed by atoms with Crippen LogP contribution in [0.2, 0.25) is 0 Å². The van der Waals surface area contributed by atoms with Crippen LogP contribution in [-0.2, 0) is 14.3 Å². The van der Waals surface area contributed by atoms with E-state index in [9.17, 15) is 9.90 Å². The molecule has 3 atom stereocenters. The molecule has 0 aromatic heterocycles. The van der Waals surface area contributed by atoms with E-state index in [1.54, 1.807) is 4.90 Å². The van der Waals surface area contributed by atoms with Gasteiger partial charge in [0.25, 0.3) is 0 Å². The van der Waals surface area contributed by atoms with Gasteiger partial charge in [0.1, 0.15) is 0 Å². The Morgan fingerprint density at radius 1 is 1.37 bits per heavy atom. The van der Waals surface area contributed by atoms with Crippen LogP contribution in [-0.4, -0.2) is 74.1 Å². The molecule has 0 aromatic rings. The summed E-state index contributed by atoms with van der Waals surface area (Å²) in [5.74, 6) is -0.0628. The highest BCUT2D eigenvalue weighted by molar-refractivity contribution is 5.80. The Morgan fingerprint density at radius 2 is 2.21 bits per heavy atom. The van der Waals surface area contributed by atoms with Crippen LogP contribution in [0.5, 0.6) is 0 Å². The van der Waals surface area contributed by atoms with Gasteiger partial charge in [-0.1, -0.05) is 6.92 Å². The van der Waals surface area contributed by atoms with Crippen molar-refractivity contribution in [1.29, 1.82) is 0 Å². The minimum atomic E-state index is -0.214. The summed E-state index contributed by atoms with van der Waals surface area (Å²) in [5.41, 5.74) is 0. The van der Waals surface area contributed by atoms with Crippen molar-refractivity contribution in [2.24, 2.45) is 5.92 Å². The number of aliphatic hydroxyl groups is 1. The normalized spacial score (nSPS) is 31.7. The molecule has 0 saturated carbocycles. The lowest BCUT2D eigenvalue weighted by Gasteiger charge is -2.36. The first-order chi connectivity index (χ1) is 9.27. The molecule has 0 spiro atoms. The zero-order valence-corrected chi connectivity index (χ0v) is 11.5. The zero-order chi connectivity index (χ0) is 13.7. The maximum atomic E-state index is 12.6. The van der Waals surface area contributed by atoms with Crippen LogP contribution in [0.1, 0.15) is 13.3 Å². The largest absolute Gasteiger partial charge is 0.394 e. The fourth-order valence-electron chi connectivity index (χ4n) is 2.64. The number of hydrogen-bond acceptors (Lipinski definition) is 5. The molecule has 2 aliphatic heterocycles. The van der Waals surface area contributed by atoms with E-state index in [0.717, 1.165) is 13.0 Å². The van der Waals surface area contributed by atoms with Gasteiger partial charge in [-0.15, -0.1) is 0 Å². The van der Waals surface area contributed by atoms with Gasteiger partial charge in [-0.3, -0.25) is 4.79 Å².